The number of nitrogens with zero attached hydrogens (tertiary/aromatic N) is 1. The number of carbonyl (C=O) groups excluding carboxylic acids is 2. The number of benzene rings is 1. The van der Waals surface area contributed by atoms with Gasteiger partial charge in [0.1, 0.15) is 0 Å². The summed E-state index contributed by atoms with van der Waals surface area (Å²) in [5.41, 5.74) is 0.920. The van der Waals surface area contributed by atoms with Crippen molar-refractivity contribution in [1.82, 2.24) is 10.2 Å². The molecule has 1 heterocycles. The number of carbonyl (C=O) groups is 2. The number of nitrogens with one attached hydrogen (secondary N) is 2. The van der Waals surface area contributed by atoms with Crippen molar-refractivity contribution >= 4 is 23.4 Å². The van der Waals surface area contributed by atoms with E-state index >= 15 is 0 Å². The van der Waals surface area contributed by atoms with Crippen LogP contribution in [0, 0.1) is 0 Å². The lowest BCUT2D eigenvalue weighted by molar-refractivity contribution is -0.896. The molecular weight excluding hydrogens is 290 g/mol. The zero-order valence-corrected chi connectivity index (χ0v) is 12.9. The molecule has 114 valence electrons. The second-order valence-corrected chi connectivity index (χ2v) is 5.71. The van der Waals surface area contributed by atoms with E-state index in [-0.39, 0.29) is 11.8 Å². The van der Waals surface area contributed by atoms with Gasteiger partial charge in [0.2, 0.25) is 5.91 Å². The Bertz CT molecular complexity index is 513. The van der Waals surface area contributed by atoms with E-state index in [9.17, 15) is 9.59 Å². The van der Waals surface area contributed by atoms with E-state index in [1.165, 1.54) is 4.90 Å². The summed E-state index contributed by atoms with van der Waals surface area (Å²) in [6.45, 7) is 5.56. The maximum absolute atomic E-state index is 12.0. The van der Waals surface area contributed by atoms with Gasteiger partial charge in [0.25, 0.3) is 5.91 Å². The molecule has 1 fully saturated rings. The Morgan fingerprint density at radius 2 is 1.95 bits per heavy atom. The van der Waals surface area contributed by atoms with Crippen molar-refractivity contribution in [2.75, 3.05) is 32.7 Å². The predicted molar refractivity (Wildman–Crippen MR) is 81.1 cm³/mol. The molecule has 0 radical (unpaired) electrons. The molecule has 0 bridgehead atoms. The first-order valence-electron chi connectivity index (χ1n) is 7.15. The van der Waals surface area contributed by atoms with Crippen LogP contribution in [0.25, 0.3) is 0 Å². The van der Waals surface area contributed by atoms with Crippen LogP contribution >= 0.6 is 11.6 Å². The van der Waals surface area contributed by atoms with Gasteiger partial charge in [-0.15, -0.1) is 0 Å². The summed E-state index contributed by atoms with van der Waals surface area (Å²) < 4.78 is 0. The lowest BCUT2D eigenvalue weighted by atomic mass is 10.2. The molecule has 6 heteroatoms. The standard InChI is InChI=1S/C15H20ClN3O2/c1-12(20)19-8-6-18(7-9-19)11-15(21)17-10-13-4-2-3-5-14(13)16/h2-5H,6-11H2,1H3,(H,17,21)/p+1. The van der Waals surface area contributed by atoms with Gasteiger partial charge in [0.15, 0.2) is 6.54 Å². The number of hydrogen-bond donors (Lipinski definition) is 2. The van der Waals surface area contributed by atoms with Gasteiger partial charge in [-0.3, -0.25) is 9.59 Å². The molecular formula is C15H21ClN3O2+. The van der Waals surface area contributed by atoms with Crippen molar-refractivity contribution in [3.63, 3.8) is 0 Å². The van der Waals surface area contributed by atoms with E-state index < -0.39 is 0 Å². The van der Waals surface area contributed by atoms with Gasteiger partial charge < -0.3 is 15.1 Å². The summed E-state index contributed by atoms with van der Waals surface area (Å²) in [4.78, 5) is 26.2. The monoisotopic (exact) mass is 310 g/mol. The van der Waals surface area contributed by atoms with Gasteiger partial charge in [-0.1, -0.05) is 29.8 Å². The second-order valence-electron chi connectivity index (χ2n) is 5.30. The molecule has 0 aliphatic carbocycles. The molecule has 1 aliphatic heterocycles. The van der Waals surface area contributed by atoms with Crippen molar-refractivity contribution in [3.8, 4) is 0 Å². The number of rotatable bonds is 4. The highest BCUT2D eigenvalue weighted by molar-refractivity contribution is 6.31. The van der Waals surface area contributed by atoms with Crippen LogP contribution in [-0.2, 0) is 16.1 Å². The fraction of sp³-hybridized carbons (Fsp3) is 0.467. The Morgan fingerprint density at radius 3 is 2.57 bits per heavy atom. The summed E-state index contributed by atoms with van der Waals surface area (Å²) in [5, 5.41) is 3.56. The average molecular weight is 311 g/mol. The maximum Gasteiger partial charge on any atom is 0.275 e. The Hall–Kier alpha value is -1.59. The largest absolute Gasteiger partial charge is 0.347 e. The summed E-state index contributed by atoms with van der Waals surface area (Å²) in [5.74, 6) is 0.124. The Morgan fingerprint density at radius 1 is 1.29 bits per heavy atom. The van der Waals surface area contributed by atoms with Crippen molar-refractivity contribution in [2.45, 2.75) is 13.5 Å². The molecule has 1 aromatic rings. The quantitative estimate of drug-likeness (QED) is 0.802. The normalized spacial score (nSPS) is 15.8. The van der Waals surface area contributed by atoms with Crippen LogP contribution in [0.3, 0.4) is 0 Å². The molecule has 2 amide bonds. The SMILES string of the molecule is CC(=O)N1CC[NH+](CC(=O)NCc2ccccc2Cl)CC1. The molecule has 21 heavy (non-hydrogen) atoms. The van der Waals surface area contributed by atoms with Crippen molar-refractivity contribution < 1.29 is 14.5 Å². The molecule has 0 atom stereocenters. The van der Waals surface area contributed by atoms with Crippen LogP contribution in [0.2, 0.25) is 5.02 Å². The summed E-state index contributed by atoms with van der Waals surface area (Å²) in [7, 11) is 0. The van der Waals surface area contributed by atoms with Crippen LogP contribution in [0.1, 0.15) is 12.5 Å². The number of hydrogen-bond acceptors (Lipinski definition) is 2. The zero-order chi connectivity index (χ0) is 15.2. The third-order valence-electron chi connectivity index (χ3n) is 3.76. The molecule has 0 aromatic heterocycles. The first-order chi connectivity index (χ1) is 10.1. The summed E-state index contributed by atoms with van der Waals surface area (Å²) >= 11 is 6.05. The van der Waals surface area contributed by atoms with E-state index in [1.54, 1.807) is 6.92 Å². The van der Waals surface area contributed by atoms with E-state index in [2.05, 4.69) is 5.32 Å². The van der Waals surface area contributed by atoms with Crippen LogP contribution in [-0.4, -0.2) is 49.4 Å². The highest BCUT2D eigenvalue weighted by atomic mass is 35.5. The third kappa shape index (κ3) is 4.72. The molecule has 1 aliphatic rings. The fourth-order valence-electron chi connectivity index (χ4n) is 2.44. The van der Waals surface area contributed by atoms with Gasteiger partial charge >= 0.3 is 0 Å². The Balaban J connectivity index is 1.73. The van der Waals surface area contributed by atoms with Crippen LogP contribution < -0.4 is 10.2 Å². The molecule has 5 nitrogen and oxygen atoms in total. The number of amides is 2. The Labute approximate surface area is 129 Å². The van der Waals surface area contributed by atoms with Crippen LogP contribution in [0.5, 0.6) is 0 Å². The maximum atomic E-state index is 12.0. The van der Waals surface area contributed by atoms with E-state index in [0.717, 1.165) is 31.7 Å². The molecule has 0 unspecified atom stereocenters. The molecule has 0 saturated carbocycles. The number of piperazine rings is 1. The summed E-state index contributed by atoms with van der Waals surface area (Å²) in [6, 6.07) is 7.49. The highest BCUT2D eigenvalue weighted by Crippen LogP contribution is 2.13. The van der Waals surface area contributed by atoms with Gasteiger partial charge in [-0.25, -0.2) is 0 Å². The van der Waals surface area contributed by atoms with E-state index in [0.29, 0.717) is 18.1 Å². The highest BCUT2D eigenvalue weighted by Gasteiger charge is 2.23. The van der Waals surface area contributed by atoms with E-state index in [4.69, 9.17) is 11.6 Å². The minimum Gasteiger partial charge on any atom is -0.347 e. The lowest BCUT2D eigenvalue weighted by Gasteiger charge is -2.31. The lowest BCUT2D eigenvalue weighted by Crippen LogP contribution is -3.15. The average Bonchev–Trinajstić information content (AvgIpc) is 2.47. The summed E-state index contributed by atoms with van der Waals surface area (Å²) in [6.07, 6.45) is 0. The third-order valence-corrected chi connectivity index (χ3v) is 4.13. The molecule has 2 rings (SSSR count). The zero-order valence-electron chi connectivity index (χ0n) is 12.2. The molecule has 0 spiro atoms. The van der Waals surface area contributed by atoms with Gasteiger partial charge in [-0.05, 0) is 11.6 Å². The van der Waals surface area contributed by atoms with E-state index in [1.807, 2.05) is 29.2 Å². The molecule has 1 saturated heterocycles. The molecule has 2 N–H and O–H groups in total. The topological polar surface area (TPSA) is 53.9 Å². The van der Waals surface area contributed by atoms with Crippen molar-refractivity contribution in [3.05, 3.63) is 34.9 Å². The van der Waals surface area contributed by atoms with Gasteiger partial charge in [0.05, 0.1) is 26.2 Å². The second kappa shape index (κ2) is 7.43. The first-order valence-corrected chi connectivity index (χ1v) is 7.53. The fourth-order valence-corrected chi connectivity index (χ4v) is 2.64. The van der Waals surface area contributed by atoms with Crippen LogP contribution in [0.4, 0.5) is 0 Å². The van der Waals surface area contributed by atoms with Crippen molar-refractivity contribution in [2.24, 2.45) is 0 Å². The van der Waals surface area contributed by atoms with Crippen molar-refractivity contribution in [1.29, 1.82) is 0 Å². The predicted octanol–water partition coefficient (Wildman–Crippen LogP) is -0.297. The molecule has 1 aromatic carbocycles. The smallest absolute Gasteiger partial charge is 0.275 e. The minimum atomic E-state index is 0.0150. The minimum absolute atomic E-state index is 0.0150. The van der Waals surface area contributed by atoms with Crippen LogP contribution in [0.15, 0.2) is 24.3 Å². The first kappa shape index (κ1) is 15.8. The van der Waals surface area contributed by atoms with Gasteiger partial charge in [0, 0.05) is 18.5 Å². The van der Waals surface area contributed by atoms with Gasteiger partial charge in [-0.2, -0.15) is 0 Å². The number of halogens is 1. The Kier molecular flexibility index (Phi) is 5.59. The number of quaternary nitrogens is 1.